The monoisotopic (exact) mass is 478 g/mol. The molecule has 0 unspecified atom stereocenters. The Bertz CT molecular complexity index is 602. The van der Waals surface area contributed by atoms with Gasteiger partial charge in [-0.25, -0.2) is 0 Å². The molecule has 0 aliphatic carbocycles. The van der Waals surface area contributed by atoms with E-state index < -0.39 is 0 Å². The van der Waals surface area contributed by atoms with Gasteiger partial charge in [0.05, 0.1) is 6.29 Å². The van der Waals surface area contributed by atoms with Crippen molar-refractivity contribution < 1.29 is 31.0 Å². The van der Waals surface area contributed by atoms with Gasteiger partial charge in [-0.2, -0.15) is 17.8 Å². The number of hydrogen-bond donors (Lipinski definition) is 1. The van der Waals surface area contributed by atoms with Crippen molar-refractivity contribution in [3.8, 4) is 5.75 Å². The van der Waals surface area contributed by atoms with E-state index in [0.29, 0.717) is 0 Å². The second-order valence-electron chi connectivity index (χ2n) is 3.94. The molecule has 1 aromatic carbocycles. The van der Waals surface area contributed by atoms with Gasteiger partial charge in [0.2, 0.25) is 0 Å². The number of nitrogens with zero attached hydrogens (tertiary/aromatic N) is 1. The zero-order chi connectivity index (χ0) is 14.2. The molecule has 0 atom stereocenters. The first-order valence-electron chi connectivity index (χ1n) is 6.12. The average molecular weight is 478 g/mol. The Kier molecular flexibility index (Phi) is 8.02. The van der Waals surface area contributed by atoms with Gasteiger partial charge in [-0.05, 0) is 11.8 Å². The number of carbonyl (C=O) groups excluding carboxylic acids is 1. The number of benzene rings is 1. The van der Waals surface area contributed by atoms with Gasteiger partial charge in [-0.3, -0.25) is 6.08 Å². The summed E-state index contributed by atoms with van der Waals surface area (Å²) in [6.45, 7) is 0. The first-order chi connectivity index (χ1) is 9.81. The first kappa shape index (κ1) is 17.7. The summed E-state index contributed by atoms with van der Waals surface area (Å²) in [6, 6.07) is 12.2. The normalized spacial score (nSPS) is 12.5. The first-order valence-corrected chi connectivity index (χ1v) is 7.11. The molecule has 0 saturated carbocycles. The van der Waals surface area contributed by atoms with Crippen LogP contribution < -0.4 is 0 Å². The van der Waals surface area contributed by atoms with Crippen LogP contribution in [0.2, 0.25) is 0 Å². The van der Waals surface area contributed by atoms with E-state index in [1.165, 1.54) is 17.0 Å². The Morgan fingerprint density at radius 1 is 1.19 bits per heavy atom. The van der Waals surface area contributed by atoms with Crippen LogP contribution in [0.3, 0.4) is 0 Å². The van der Waals surface area contributed by atoms with Crippen LogP contribution in [-0.2, 0) is 25.9 Å². The number of para-hydroxylation sites is 1. The molecule has 0 bridgehead atoms. The Morgan fingerprint density at radius 2 is 1.95 bits per heavy atom. The summed E-state index contributed by atoms with van der Waals surface area (Å²) in [5, 5.41) is 8.85. The van der Waals surface area contributed by atoms with Gasteiger partial charge in [-0.1, -0.05) is 23.9 Å². The quantitative estimate of drug-likeness (QED) is 0.674. The summed E-state index contributed by atoms with van der Waals surface area (Å²) in [5.74, 6) is 1.14. The van der Waals surface area contributed by atoms with Crippen molar-refractivity contribution in [3.63, 3.8) is 0 Å². The fourth-order valence-corrected chi connectivity index (χ4v) is 2.47. The topological polar surface area (TPSA) is 50.2 Å². The minimum absolute atomic E-state index is 0. The largest absolute Gasteiger partial charge is 2.00 e. The maximum absolute atomic E-state index is 9.94. The molecular weight excluding hydrogens is 465 g/mol. The van der Waals surface area contributed by atoms with E-state index in [4.69, 9.17) is 5.11 Å². The van der Waals surface area contributed by atoms with Gasteiger partial charge in [0.25, 0.3) is 0 Å². The molecule has 3 nitrogen and oxygen atoms in total. The number of phenols is 1. The second-order valence-corrected chi connectivity index (χ2v) is 5.04. The van der Waals surface area contributed by atoms with Crippen molar-refractivity contribution in [1.29, 1.82) is 0 Å². The number of hydrogen-bond acceptors (Lipinski definition) is 4. The maximum Gasteiger partial charge on any atom is 2.00 e. The van der Waals surface area contributed by atoms with Crippen molar-refractivity contribution in [2.45, 2.75) is 6.42 Å². The van der Waals surface area contributed by atoms with E-state index >= 15 is 0 Å². The van der Waals surface area contributed by atoms with Gasteiger partial charge in [0.15, 0.2) is 0 Å². The minimum Gasteiger partial charge on any atom is -0.565 e. The van der Waals surface area contributed by atoms with Crippen molar-refractivity contribution in [2.24, 2.45) is 0 Å². The third kappa shape index (κ3) is 5.48. The standard InChI is InChI=1S/C9H8NS.C7H5O2.Pt/c1-2-6-10-8(4-1)9-5-3-7-11-9;8-5-6-3-1-2-4-7(6)9;/h1-2,4,6H,3,7H2;1-4,9H;/q2*-1;+2. The number of pyridine rings is 1. The molecule has 0 fully saturated rings. The molecule has 1 N–H and O–H groups in total. The molecule has 0 spiro atoms. The average Bonchev–Trinajstić information content (AvgIpc) is 3.04. The molecule has 21 heavy (non-hydrogen) atoms. The minimum atomic E-state index is -0.0208. The van der Waals surface area contributed by atoms with Crippen LogP contribution in [0.25, 0.3) is 4.91 Å². The summed E-state index contributed by atoms with van der Waals surface area (Å²) in [5.41, 5.74) is 1.27. The van der Waals surface area contributed by atoms with E-state index in [2.05, 4.69) is 11.1 Å². The van der Waals surface area contributed by atoms with Gasteiger partial charge in [-0.15, -0.1) is 29.0 Å². The predicted molar refractivity (Wildman–Crippen MR) is 80.9 cm³/mol. The van der Waals surface area contributed by atoms with Crippen LogP contribution in [-0.4, -0.2) is 22.1 Å². The molecule has 3 rings (SSSR count). The third-order valence-corrected chi connectivity index (χ3v) is 3.60. The van der Waals surface area contributed by atoms with Gasteiger partial charge in [0, 0.05) is 11.9 Å². The molecule has 1 aromatic heterocycles. The molecule has 1 aliphatic heterocycles. The Balaban J connectivity index is 0.000000205. The molecule has 2 aromatic rings. The van der Waals surface area contributed by atoms with E-state index in [1.54, 1.807) is 18.4 Å². The summed E-state index contributed by atoms with van der Waals surface area (Å²) in [7, 11) is 0. The summed E-state index contributed by atoms with van der Waals surface area (Å²) in [6.07, 6.45) is 7.77. The van der Waals surface area contributed by atoms with Crippen molar-refractivity contribution >= 4 is 23.0 Å². The number of allylic oxidation sites excluding steroid dienone is 1. The van der Waals surface area contributed by atoms with Crippen LogP contribution >= 0.6 is 11.8 Å². The van der Waals surface area contributed by atoms with Crippen molar-refractivity contribution in [2.75, 3.05) is 5.75 Å². The molecule has 1 aliphatic rings. The number of thioether (sulfide) groups is 1. The van der Waals surface area contributed by atoms with E-state index in [0.717, 1.165) is 17.9 Å². The van der Waals surface area contributed by atoms with Gasteiger partial charge in [0.1, 0.15) is 0 Å². The Hall–Kier alpha value is -1.38. The molecule has 0 amide bonds. The molecule has 0 radical (unpaired) electrons. The fourth-order valence-electron chi connectivity index (χ4n) is 1.59. The van der Waals surface area contributed by atoms with Crippen LogP contribution in [0.5, 0.6) is 5.75 Å². The summed E-state index contributed by atoms with van der Waals surface area (Å²) >= 11 is 1.84. The fraction of sp³-hybridized carbons (Fsp3) is 0.125. The van der Waals surface area contributed by atoms with Gasteiger partial charge >= 0.3 is 21.1 Å². The number of aromatic nitrogens is 1. The summed E-state index contributed by atoms with van der Waals surface area (Å²) < 4.78 is 0. The number of aromatic hydroxyl groups is 1. The van der Waals surface area contributed by atoms with Crippen LogP contribution in [0, 0.1) is 6.08 Å². The van der Waals surface area contributed by atoms with Crippen LogP contribution in [0.15, 0.2) is 48.7 Å². The zero-order valence-corrected chi connectivity index (χ0v) is 14.1. The predicted octanol–water partition coefficient (Wildman–Crippen LogP) is 3.21. The molecule has 0 saturated heterocycles. The van der Waals surface area contributed by atoms with Crippen molar-refractivity contribution in [3.05, 3.63) is 66.0 Å². The van der Waals surface area contributed by atoms with Crippen molar-refractivity contribution in [1.82, 2.24) is 4.98 Å². The maximum atomic E-state index is 9.94. The third-order valence-electron chi connectivity index (χ3n) is 2.55. The summed E-state index contributed by atoms with van der Waals surface area (Å²) in [4.78, 5) is 15.4. The molecule has 2 heterocycles. The van der Waals surface area contributed by atoms with Gasteiger partial charge < -0.3 is 14.9 Å². The second kappa shape index (κ2) is 9.54. The van der Waals surface area contributed by atoms with E-state index in [9.17, 15) is 4.79 Å². The molecule has 110 valence electrons. The number of phenolic OH excluding ortho intramolecular Hbond substituents is 1. The van der Waals surface area contributed by atoms with Crippen LogP contribution in [0.1, 0.15) is 17.7 Å². The molecular formula is C16H13NO2PtS. The SMILES string of the molecule is O=[C-]c1ccccc1O.[C-]1=C(c2ccccn2)SCC1.[Pt+2]. The zero-order valence-electron chi connectivity index (χ0n) is 11.1. The Labute approximate surface area is 142 Å². The molecule has 5 heteroatoms. The Morgan fingerprint density at radius 3 is 2.48 bits per heavy atom. The van der Waals surface area contributed by atoms with Crippen LogP contribution in [0.4, 0.5) is 0 Å². The van der Waals surface area contributed by atoms with E-state index in [-0.39, 0.29) is 32.4 Å². The smallest absolute Gasteiger partial charge is 0.565 e. The van der Waals surface area contributed by atoms with E-state index in [1.807, 2.05) is 36.2 Å². The number of rotatable bonds is 2.